The Labute approximate surface area is 184 Å². The number of carbonyl (C=O) groups excluding carboxylic acids is 1. The first-order valence-electron chi connectivity index (χ1n) is 10.6. The average Bonchev–Trinajstić information content (AvgIpc) is 3.45. The van der Waals surface area contributed by atoms with Crippen LogP contribution in [0.15, 0.2) is 48.9 Å². The minimum Gasteiger partial charge on any atom is -0.383 e. The standard InChI is InChI=1S/C23H24N6OS/c24-22-18(23-27-19-6-1-2-7-20(19)31-23)12-16(13-25-22)17-14-26-29(15-17)21-8-3-4-9-28(21)10-5-11-30/h1-2,6-7,11-15,21H,3-5,8-10H2,(H2,24,25). The van der Waals surface area contributed by atoms with Gasteiger partial charge in [0.15, 0.2) is 0 Å². The molecule has 1 aliphatic heterocycles. The van der Waals surface area contributed by atoms with Crippen LogP contribution in [0.4, 0.5) is 5.82 Å². The van der Waals surface area contributed by atoms with E-state index in [0.717, 1.165) is 64.1 Å². The third-order valence-corrected chi connectivity index (χ3v) is 6.87. The van der Waals surface area contributed by atoms with Gasteiger partial charge in [0, 0.05) is 43.0 Å². The fraction of sp³-hybridized carbons (Fsp3) is 0.304. The molecule has 8 heteroatoms. The molecule has 0 radical (unpaired) electrons. The van der Waals surface area contributed by atoms with Gasteiger partial charge < -0.3 is 10.5 Å². The van der Waals surface area contributed by atoms with Crippen LogP contribution in [0.2, 0.25) is 0 Å². The zero-order valence-corrected chi connectivity index (χ0v) is 18.0. The van der Waals surface area contributed by atoms with E-state index in [1.54, 1.807) is 17.5 Å². The molecule has 4 heterocycles. The Bertz CT molecular complexity index is 1180. The summed E-state index contributed by atoms with van der Waals surface area (Å²) in [5.41, 5.74) is 9.98. The van der Waals surface area contributed by atoms with Crippen molar-refractivity contribution in [1.82, 2.24) is 24.6 Å². The molecule has 4 aromatic rings. The Kier molecular flexibility index (Phi) is 5.48. The van der Waals surface area contributed by atoms with Crippen molar-refractivity contribution >= 4 is 33.7 Å². The number of hydrogen-bond donors (Lipinski definition) is 1. The summed E-state index contributed by atoms with van der Waals surface area (Å²) in [6, 6.07) is 10.1. The van der Waals surface area contributed by atoms with Gasteiger partial charge in [-0.1, -0.05) is 12.1 Å². The number of hydrogen-bond acceptors (Lipinski definition) is 7. The third kappa shape index (κ3) is 3.96. The summed E-state index contributed by atoms with van der Waals surface area (Å²) in [4.78, 5) is 22.4. The third-order valence-electron chi connectivity index (χ3n) is 5.80. The molecule has 5 rings (SSSR count). The van der Waals surface area contributed by atoms with Gasteiger partial charge in [-0.3, -0.25) is 9.58 Å². The maximum absolute atomic E-state index is 10.8. The van der Waals surface area contributed by atoms with E-state index >= 15 is 0 Å². The van der Waals surface area contributed by atoms with Gasteiger partial charge in [0.2, 0.25) is 0 Å². The number of nitrogens with zero attached hydrogens (tertiary/aromatic N) is 5. The van der Waals surface area contributed by atoms with Crippen molar-refractivity contribution in [2.45, 2.75) is 31.8 Å². The summed E-state index contributed by atoms with van der Waals surface area (Å²) in [5, 5.41) is 5.52. The van der Waals surface area contributed by atoms with E-state index in [1.807, 2.05) is 35.1 Å². The van der Waals surface area contributed by atoms with E-state index in [1.165, 1.54) is 6.42 Å². The summed E-state index contributed by atoms with van der Waals surface area (Å²) >= 11 is 1.62. The Hall–Kier alpha value is -3.10. The quantitative estimate of drug-likeness (QED) is 0.455. The number of nitrogen functional groups attached to an aromatic ring is 1. The lowest BCUT2D eigenvalue weighted by molar-refractivity contribution is -0.108. The van der Waals surface area contributed by atoms with E-state index in [0.29, 0.717) is 12.2 Å². The summed E-state index contributed by atoms with van der Waals surface area (Å²) in [6.07, 6.45) is 10.8. The number of anilines is 1. The fourth-order valence-corrected chi connectivity index (χ4v) is 5.18. The van der Waals surface area contributed by atoms with Crippen LogP contribution in [0, 0.1) is 0 Å². The van der Waals surface area contributed by atoms with Gasteiger partial charge in [-0.25, -0.2) is 9.97 Å². The maximum Gasteiger partial charge on any atom is 0.133 e. The lowest BCUT2D eigenvalue weighted by Gasteiger charge is -2.35. The van der Waals surface area contributed by atoms with E-state index in [-0.39, 0.29) is 6.17 Å². The molecule has 2 N–H and O–H groups in total. The molecule has 0 spiro atoms. The van der Waals surface area contributed by atoms with Crippen molar-refractivity contribution in [2.75, 3.05) is 18.8 Å². The lowest BCUT2D eigenvalue weighted by atomic mass is 10.1. The number of piperidine rings is 1. The maximum atomic E-state index is 10.8. The average molecular weight is 433 g/mol. The number of thiazole rings is 1. The number of nitrogens with two attached hydrogens (primary N) is 1. The predicted molar refractivity (Wildman–Crippen MR) is 124 cm³/mol. The molecule has 0 saturated carbocycles. The summed E-state index contributed by atoms with van der Waals surface area (Å²) < 4.78 is 3.15. The van der Waals surface area contributed by atoms with Crippen LogP contribution in [-0.2, 0) is 4.79 Å². The molecule has 7 nitrogen and oxygen atoms in total. The van der Waals surface area contributed by atoms with Gasteiger partial charge in [0.1, 0.15) is 23.3 Å². The SMILES string of the molecule is Nc1ncc(-c2cnn(C3CCCCN3CCC=O)c2)cc1-c1nc2ccccc2s1. The van der Waals surface area contributed by atoms with Crippen LogP contribution in [0.3, 0.4) is 0 Å². The van der Waals surface area contributed by atoms with Crippen LogP contribution >= 0.6 is 11.3 Å². The number of aldehydes is 1. The number of pyridine rings is 1. The molecule has 3 aromatic heterocycles. The molecular weight excluding hydrogens is 408 g/mol. The van der Waals surface area contributed by atoms with Crippen LogP contribution in [0.1, 0.15) is 31.8 Å². The highest BCUT2D eigenvalue weighted by atomic mass is 32.1. The van der Waals surface area contributed by atoms with Crippen LogP contribution in [0.25, 0.3) is 31.9 Å². The molecule has 1 aromatic carbocycles. The topological polar surface area (TPSA) is 89.9 Å². The van der Waals surface area contributed by atoms with Crippen molar-refractivity contribution in [3.63, 3.8) is 0 Å². The highest BCUT2D eigenvalue weighted by Gasteiger charge is 2.24. The van der Waals surface area contributed by atoms with Crippen molar-refractivity contribution in [3.05, 3.63) is 48.9 Å². The predicted octanol–water partition coefficient (Wildman–Crippen LogP) is 4.38. The van der Waals surface area contributed by atoms with Gasteiger partial charge in [-0.15, -0.1) is 11.3 Å². The first-order valence-corrected chi connectivity index (χ1v) is 11.4. The van der Waals surface area contributed by atoms with Gasteiger partial charge in [0.05, 0.1) is 22.0 Å². The van der Waals surface area contributed by atoms with E-state index in [9.17, 15) is 4.79 Å². The summed E-state index contributed by atoms with van der Waals surface area (Å²) in [5.74, 6) is 0.475. The number of fused-ring (bicyclic) bond motifs is 1. The van der Waals surface area contributed by atoms with Crippen molar-refractivity contribution in [3.8, 4) is 21.7 Å². The first-order chi connectivity index (χ1) is 15.2. The minimum atomic E-state index is 0.188. The molecule has 0 amide bonds. The highest BCUT2D eigenvalue weighted by Crippen LogP contribution is 2.35. The van der Waals surface area contributed by atoms with Gasteiger partial charge in [0.25, 0.3) is 0 Å². The molecule has 31 heavy (non-hydrogen) atoms. The molecule has 1 fully saturated rings. The van der Waals surface area contributed by atoms with Gasteiger partial charge in [-0.2, -0.15) is 5.10 Å². The zero-order chi connectivity index (χ0) is 21.2. The van der Waals surface area contributed by atoms with E-state index in [2.05, 4.69) is 27.2 Å². The van der Waals surface area contributed by atoms with E-state index < -0.39 is 0 Å². The number of benzene rings is 1. The molecule has 0 bridgehead atoms. The largest absolute Gasteiger partial charge is 0.383 e. The molecule has 0 aliphatic carbocycles. The Morgan fingerprint density at radius 2 is 2.10 bits per heavy atom. The first kappa shape index (κ1) is 19.8. The number of likely N-dealkylation sites (tertiary alicyclic amines) is 1. The zero-order valence-electron chi connectivity index (χ0n) is 17.1. The summed E-state index contributed by atoms with van der Waals surface area (Å²) in [7, 11) is 0. The Morgan fingerprint density at radius 3 is 2.97 bits per heavy atom. The van der Waals surface area contributed by atoms with E-state index in [4.69, 9.17) is 10.7 Å². The highest BCUT2D eigenvalue weighted by molar-refractivity contribution is 7.21. The van der Waals surface area contributed by atoms with Crippen molar-refractivity contribution in [1.29, 1.82) is 0 Å². The van der Waals surface area contributed by atoms with Crippen LogP contribution in [-0.4, -0.2) is 44.0 Å². The minimum absolute atomic E-state index is 0.188. The monoisotopic (exact) mass is 432 g/mol. The number of rotatable bonds is 6. The molecular formula is C23H24N6OS. The molecule has 1 unspecified atom stereocenters. The molecule has 1 saturated heterocycles. The fourth-order valence-electron chi connectivity index (χ4n) is 4.19. The summed E-state index contributed by atoms with van der Waals surface area (Å²) in [6.45, 7) is 1.77. The Balaban J connectivity index is 1.45. The number of carbonyl (C=O) groups is 1. The number of para-hydroxylation sites is 1. The molecule has 1 atom stereocenters. The lowest BCUT2D eigenvalue weighted by Crippen LogP contribution is -2.37. The van der Waals surface area contributed by atoms with Gasteiger partial charge >= 0.3 is 0 Å². The molecule has 1 aliphatic rings. The second-order valence-electron chi connectivity index (χ2n) is 7.82. The molecule has 158 valence electrons. The van der Waals surface area contributed by atoms with Crippen LogP contribution in [0.5, 0.6) is 0 Å². The second-order valence-corrected chi connectivity index (χ2v) is 8.85. The normalized spacial score (nSPS) is 17.2. The van der Waals surface area contributed by atoms with Crippen molar-refractivity contribution in [2.24, 2.45) is 0 Å². The van der Waals surface area contributed by atoms with Crippen molar-refractivity contribution < 1.29 is 4.79 Å². The number of aromatic nitrogens is 4. The Morgan fingerprint density at radius 1 is 1.19 bits per heavy atom. The van der Waals surface area contributed by atoms with Crippen LogP contribution < -0.4 is 5.73 Å². The van der Waals surface area contributed by atoms with Gasteiger partial charge in [-0.05, 0) is 37.5 Å². The smallest absolute Gasteiger partial charge is 0.133 e. The second kappa shape index (κ2) is 8.56.